The molecule has 0 fully saturated rings. The molecule has 0 saturated heterocycles. The number of aliphatic carboxylic acids is 1. The summed E-state index contributed by atoms with van der Waals surface area (Å²) in [7, 11) is -3.71. The highest BCUT2D eigenvalue weighted by molar-refractivity contribution is 7.92. The van der Waals surface area contributed by atoms with Crippen LogP contribution < -0.4 is 9.41 Å². The molecule has 0 N–H and O–H groups in total. The number of halogens is 1. The number of carboxylic acids is 1. The second-order valence-electron chi connectivity index (χ2n) is 3.09. The van der Waals surface area contributed by atoms with Crippen LogP contribution in [0.1, 0.15) is 0 Å². The van der Waals surface area contributed by atoms with Gasteiger partial charge in [0.05, 0.1) is 29.5 Å². The van der Waals surface area contributed by atoms with Crippen LogP contribution >= 0.6 is 11.6 Å². The van der Waals surface area contributed by atoms with E-state index in [0.29, 0.717) is 4.31 Å². The number of carbonyl (C=O) groups is 1. The Kier molecular flexibility index (Phi) is 3.77. The van der Waals surface area contributed by atoms with Gasteiger partial charge in [-0.25, -0.2) is 8.42 Å². The molecule has 0 aromatic heterocycles. The van der Waals surface area contributed by atoms with E-state index in [1.165, 1.54) is 12.1 Å². The number of nitrogens with zero attached hydrogens (tertiary/aromatic N) is 1. The van der Waals surface area contributed by atoms with Gasteiger partial charge in [-0.1, -0.05) is 23.7 Å². The van der Waals surface area contributed by atoms with E-state index in [1.54, 1.807) is 12.1 Å². The monoisotopic (exact) mass is 262 g/mol. The van der Waals surface area contributed by atoms with Crippen molar-refractivity contribution in [1.82, 2.24) is 0 Å². The summed E-state index contributed by atoms with van der Waals surface area (Å²) >= 11 is 5.79. The standard InChI is InChI=1S/C9H10ClNO4S/c1-16(14,15)11(6-9(12)13)8-5-3-2-4-7(8)10/h2-5H,6H2,1H3,(H,12,13)/p-1. The van der Waals surface area contributed by atoms with E-state index in [-0.39, 0.29) is 10.7 Å². The summed E-state index contributed by atoms with van der Waals surface area (Å²) < 4.78 is 23.5. The van der Waals surface area contributed by atoms with Crippen LogP contribution in [0.4, 0.5) is 5.69 Å². The molecule has 0 spiro atoms. The Morgan fingerprint density at radius 3 is 2.44 bits per heavy atom. The van der Waals surface area contributed by atoms with Gasteiger partial charge in [0.2, 0.25) is 10.0 Å². The van der Waals surface area contributed by atoms with E-state index in [0.717, 1.165) is 6.26 Å². The number of sulfonamides is 1. The van der Waals surface area contributed by atoms with Crippen molar-refractivity contribution in [3.63, 3.8) is 0 Å². The number of para-hydroxylation sites is 1. The van der Waals surface area contributed by atoms with Gasteiger partial charge in [0.25, 0.3) is 0 Å². The number of hydrogen-bond donors (Lipinski definition) is 0. The number of carboxylic acid groups (broad SMARTS) is 1. The fourth-order valence-corrected chi connectivity index (χ4v) is 2.30. The normalized spacial score (nSPS) is 11.1. The maximum atomic E-state index is 11.4. The van der Waals surface area contributed by atoms with Crippen LogP contribution in [0.3, 0.4) is 0 Å². The van der Waals surface area contributed by atoms with Crippen LogP contribution in [0.2, 0.25) is 5.02 Å². The first kappa shape index (κ1) is 12.8. The molecule has 16 heavy (non-hydrogen) atoms. The lowest BCUT2D eigenvalue weighted by molar-refractivity contribution is -0.303. The average Bonchev–Trinajstić information content (AvgIpc) is 2.13. The van der Waals surface area contributed by atoms with Gasteiger partial charge < -0.3 is 9.90 Å². The van der Waals surface area contributed by atoms with E-state index >= 15 is 0 Å². The van der Waals surface area contributed by atoms with Crippen molar-refractivity contribution in [3.8, 4) is 0 Å². The van der Waals surface area contributed by atoms with Crippen LogP contribution in [0, 0.1) is 0 Å². The number of rotatable bonds is 4. The average molecular weight is 263 g/mol. The summed E-state index contributed by atoms with van der Waals surface area (Å²) in [5, 5.41) is 10.6. The molecule has 0 amide bonds. The lowest BCUT2D eigenvalue weighted by Crippen LogP contribution is -2.41. The number of hydrogen-bond acceptors (Lipinski definition) is 4. The highest BCUT2D eigenvalue weighted by atomic mass is 35.5. The smallest absolute Gasteiger partial charge is 0.232 e. The van der Waals surface area contributed by atoms with Crippen molar-refractivity contribution in [2.24, 2.45) is 0 Å². The van der Waals surface area contributed by atoms with Crippen molar-refractivity contribution < 1.29 is 18.3 Å². The number of anilines is 1. The summed E-state index contributed by atoms with van der Waals surface area (Å²) in [6.45, 7) is -0.761. The van der Waals surface area contributed by atoms with Gasteiger partial charge in [0, 0.05) is 0 Å². The molecule has 0 aliphatic carbocycles. The van der Waals surface area contributed by atoms with E-state index in [9.17, 15) is 18.3 Å². The Morgan fingerprint density at radius 1 is 1.44 bits per heavy atom. The lowest BCUT2D eigenvalue weighted by Gasteiger charge is -2.23. The molecule has 0 radical (unpaired) electrons. The van der Waals surface area contributed by atoms with Crippen LogP contribution in [0.15, 0.2) is 24.3 Å². The zero-order valence-electron chi connectivity index (χ0n) is 8.38. The van der Waals surface area contributed by atoms with Crippen molar-refractivity contribution >= 4 is 33.3 Å². The van der Waals surface area contributed by atoms with Crippen LogP contribution in [0.25, 0.3) is 0 Å². The van der Waals surface area contributed by atoms with E-state index in [2.05, 4.69) is 0 Å². The molecule has 7 heteroatoms. The predicted molar refractivity (Wildman–Crippen MR) is 58.6 cm³/mol. The van der Waals surface area contributed by atoms with Gasteiger partial charge in [-0.05, 0) is 12.1 Å². The van der Waals surface area contributed by atoms with Crippen LogP contribution in [0.5, 0.6) is 0 Å². The van der Waals surface area contributed by atoms with Crippen molar-refractivity contribution in [2.75, 3.05) is 17.1 Å². The quantitative estimate of drug-likeness (QED) is 0.756. The van der Waals surface area contributed by atoms with E-state index in [4.69, 9.17) is 11.6 Å². The molecule has 1 rings (SSSR count). The molecule has 0 unspecified atom stereocenters. The maximum Gasteiger partial charge on any atom is 0.232 e. The topological polar surface area (TPSA) is 77.5 Å². The van der Waals surface area contributed by atoms with Gasteiger partial charge in [0.1, 0.15) is 0 Å². The highest BCUT2D eigenvalue weighted by Gasteiger charge is 2.19. The molecule has 88 valence electrons. The fraction of sp³-hybridized carbons (Fsp3) is 0.222. The highest BCUT2D eigenvalue weighted by Crippen LogP contribution is 2.26. The molecule has 0 saturated carbocycles. The van der Waals surface area contributed by atoms with Gasteiger partial charge in [-0.15, -0.1) is 0 Å². The van der Waals surface area contributed by atoms with Crippen molar-refractivity contribution in [3.05, 3.63) is 29.3 Å². The summed E-state index contributed by atoms with van der Waals surface area (Å²) in [4.78, 5) is 10.5. The van der Waals surface area contributed by atoms with Gasteiger partial charge in [-0.2, -0.15) is 0 Å². The second kappa shape index (κ2) is 4.71. The first-order chi connectivity index (χ1) is 7.32. The third-order valence-corrected chi connectivity index (χ3v) is 3.24. The van der Waals surface area contributed by atoms with Crippen molar-refractivity contribution in [1.29, 1.82) is 0 Å². The van der Waals surface area contributed by atoms with Gasteiger partial charge in [-0.3, -0.25) is 4.31 Å². The SMILES string of the molecule is CS(=O)(=O)N(CC(=O)[O-])c1ccccc1Cl. The molecule has 0 bridgehead atoms. The summed E-state index contributed by atoms with van der Waals surface area (Å²) in [5.74, 6) is -1.50. The van der Waals surface area contributed by atoms with Gasteiger partial charge in [0.15, 0.2) is 0 Å². The molecule has 1 aromatic carbocycles. The van der Waals surface area contributed by atoms with E-state index < -0.39 is 22.5 Å². The molecule has 0 aliphatic heterocycles. The summed E-state index contributed by atoms with van der Waals surface area (Å²) in [6, 6.07) is 6.08. The Balaban J connectivity index is 3.22. The minimum absolute atomic E-state index is 0.121. The number of benzene rings is 1. The van der Waals surface area contributed by atoms with Crippen molar-refractivity contribution in [2.45, 2.75) is 0 Å². The minimum Gasteiger partial charge on any atom is -0.548 e. The number of carbonyl (C=O) groups excluding carboxylic acids is 1. The lowest BCUT2D eigenvalue weighted by atomic mass is 10.3. The van der Waals surface area contributed by atoms with Gasteiger partial charge >= 0.3 is 0 Å². The maximum absolute atomic E-state index is 11.4. The zero-order chi connectivity index (χ0) is 12.3. The molecule has 5 nitrogen and oxygen atoms in total. The molecule has 0 aliphatic rings. The predicted octanol–water partition coefficient (Wildman–Crippen LogP) is -0.144. The van der Waals surface area contributed by atoms with Crippen LogP contribution in [-0.2, 0) is 14.8 Å². The molecule has 0 heterocycles. The Morgan fingerprint density at radius 2 is 2.00 bits per heavy atom. The fourth-order valence-electron chi connectivity index (χ4n) is 1.15. The third kappa shape index (κ3) is 3.11. The molecular weight excluding hydrogens is 254 g/mol. The molecular formula is C9H9ClNO4S-. The Labute approximate surface area is 98.3 Å². The zero-order valence-corrected chi connectivity index (χ0v) is 9.96. The Bertz CT molecular complexity index is 500. The summed E-state index contributed by atoms with van der Waals surface area (Å²) in [5.41, 5.74) is 0.121. The molecule has 0 atom stereocenters. The largest absolute Gasteiger partial charge is 0.548 e. The minimum atomic E-state index is -3.71. The third-order valence-electron chi connectivity index (χ3n) is 1.79. The molecule has 1 aromatic rings. The second-order valence-corrected chi connectivity index (χ2v) is 5.41. The van der Waals surface area contributed by atoms with E-state index in [1.807, 2.05) is 0 Å². The van der Waals surface area contributed by atoms with Crippen LogP contribution in [-0.4, -0.2) is 27.2 Å². The first-order valence-corrected chi connectivity index (χ1v) is 6.47. The summed E-state index contributed by atoms with van der Waals surface area (Å²) in [6.07, 6.45) is 0.902. The first-order valence-electron chi connectivity index (χ1n) is 4.24. The Hall–Kier alpha value is -1.27.